The summed E-state index contributed by atoms with van der Waals surface area (Å²) in [5.41, 5.74) is 1.51. The van der Waals surface area contributed by atoms with Gasteiger partial charge in [0.15, 0.2) is 5.82 Å². The van der Waals surface area contributed by atoms with Crippen molar-refractivity contribution < 1.29 is 9.90 Å². The van der Waals surface area contributed by atoms with Gasteiger partial charge in [-0.05, 0) is 30.3 Å². The number of benzene rings is 2. The van der Waals surface area contributed by atoms with E-state index in [9.17, 15) is 14.7 Å². The lowest BCUT2D eigenvalue weighted by Gasteiger charge is -2.08. The van der Waals surface area contributed by atoms with Crippen molar-refractivity contribution in [1.29, 1.82) is 0 Å². The summed E-state index contributed by atoms with van der Waals surface area (Å²) < 4.78 is 2.20. The fourth-order valence-corrected chi connectivity index (χ4v) is 3.28. The Bertz CT molecular complexity index is 1290. The van der Waals surface area contributed by atoms with Gasteiger partial charge in [-0.3, -0.25) is 14.2 Å². The second-order valence-electron chi connectivity index (χ2n) is 6.55. The van der Waals surface area contributed by atoms with Crippen LogP contribution < -0.4 is 10.9 Å². The van der Waals surface area contributed by atoms with Crippen LogP contribution in [0.3, 0.4) is 0 Å². The Morgan fingerprint density at radius 3 is 2.67 bits per heavy atom. The molecule has 4 aromatic rings. The van der Waals surface area contributed by atoms with Gasteiger partial charge < -0.3 is 10.4 Å². The van der Waals surface area contributed by atoms with Crippen LogP contribution in [0.15, 0.2) is 70.5 Å². The summed E-state index contributed by atoms with van der Waals surface area (Å²) in [5.74, 6) is 0.285. The van der Waals surface area contributed by atoms with Crippen LogP contribution >= 0.6 is 15.9 Å². The number of halogens is 1. The van der Waals surface area contributed by atoms with E-state index >= 15 is 0 Å². The molecule has 0 radical (unpaired) electrons. The second kappa shape index (κ2) is 8.42. The number of carbonyl (C=O) groups is 1. The minimum Gasteiger partial charge on any atom is -0.508 e. The largest absolute Gasteiger partial charge is 0.508 e. The van der Waals surface area contributed by atoms with Crippen molar-refractivity contribution in [3.05, 3.63) is 76.0 Å². The van der Waals surface area contributed by atoms with Gasteiger partial charge in [-0.1, -0.05) is 28.1 Å². The van der Waals surface area contributed by atoms with Gasteiger partial charge in [0.2, 0.25) is 5.91 Å². The third kappa shape index (κ3) is 4.36. The molecule has 2 heterocycles. The SMILES string of the molecule is O=C(CCn1cnc2ccc(Br)cc2c1=O)Nc1cnc(-c2cccc(O)c2)nc1. The average Bonchev–Trinajstić information content (AvgIpc) is 2.74. The Labute approximate surface area is 179 Å². The molecule has 0 saturated heterocycles. The molecule has 30 heavy (non-hydrogen) atoms. The summed E-state index contributed by atoms with van der Waals surface area (Å²) in [6.45, 7) is 0.197. The molecule has 150 valence electrons. The molecule has 0 atom stereocenters. The van der Waals surface area contributed by atoms with Gasteiger partial charge in [0.25, 0.3) is 5.56 Å². The highest BCUT2D eigenvalue weighted by Crippen LogP contribution is 2.20. The molecule has 0 unspecified atom stereocenters. The van der Waals surface area contributed by atoms with Crippen molar-refractivity contribution in [1.82, 2.24) is 19.5 Å². The summed E-state index contributed by atoms with van der Waals surface area (Å²) in [7, 11) is 0. The number of aromatic nitrogens is 4. The van der Waals surface area contributed by atoms with Gasteiger partial charge in [-0.25, -0.2) is 15.0 Å². The number of hydrogen-bond acceptors (Lipinski definition) is 6. The van der Waals surface area contributed by atoms with Gasteiger partial charge >= 0.3 is 0 Å². The van der Waals surface area contributed by atoms with Crippen molar-refractivity contribution >= 4 is 38.4 Å². The molecule has 2 N–H and O–H groups in total. The number of anilines is 1. The second-order valence-corrected chi connectivity index (χ2v) is 7.46. The first-order valence-electron chi connectivity index (χ1n) is 9.05. The molecule has 0 bridgehead atoms. The number of amides is 1. The summed E-state index contributed by atoms with van der Waals surface area (Å²) in [6.07, 6.45) is 4.52. The molecule has 0 spiro atoms. The van der Waals surface area contributed by atoms with Gasteiger partial charge in [0, 0.05) is 23.0 Å². The van der Waals surface area contributed by atoms with E-state index in [0.717, 1.165) is 4.47 Å². The number of hydrogen-bond donors (Lipinski definition) is 2. The van der Waals surface area contributed by atoms with Crippen molar-refractivity contribution in [2.75, 3.05) is 5.32 Å². The first-order chi connectivity index (χ1) is 14.5. The van der Waals surface area contributed by atoms with Crippen LogP contribution in [0.4, 0.5) is 5.69 Å². The highest BCUT2D eigenvalue weighted by molar-refractivity contribution is 9.10. The van der Waals surface area contributed by atoms with Crippen LogP contribution in [0.25, 0.3) is 22.3 Å². The molecule has 0 fully saturated rings. The summed E-state index contributed by atoms with van der Waals surface area (Å²) in [6, 6.07) is 11.9. The quantitative estimate of drug-likeness (QED) is 0.467. The maximum atomic E-state index is 12.6. The molecule has 1 amide bonds. The predicted molar refractivity (Wildman–Crippen MR) is 116 cm³/mol. The van der Waals surface area contributed by atoms with E-state index < -0.39 is 0 Å². The number of aromatic hydroxyl groups is 1. The smallest absolute Gasteiger partial charge is 0.261 e. The molecule has 0 aliphatic rings. The van der Waals surface area contributed by atoms with Gasteiger partial charge in [-0.2, -0.15) is 0 Å². The van der Waals surface area contributed by atoms with E-state index in [1.807, 2.05) is 6.07 Å². The van der Waals surface area contributed by atoms with Crippen LogP contribution in [0.2, 0.25) is 0 Å². The van der Waals surface area contributed by atoms with Crippen molar-refractivity contribution in [2.45, 2.75) is 13.0 Å². The number of fused-ring (bicyclic) bond motifs is 1. The summed E-state index contributed by atoms with van der Waals surface area (Å²) in [4.78, 5) is 37.5. The standard InChI is InChI=1S/C21H16BrN5O3/c22-14-4-5-18-17(9-14)21(30)27(12-25-18)7-6-19(29)26-15-10-23-20(24-11-15)13-2-1-3-16(28)8-13/h1-5,8-12,28H,6-7H2,(H,26,29). The first kappa shape index (κ1) is 19.7. The number of carbonyl (C=O) groups excluding carboxylic acids is 1. The Morgan fingerprint density at radius 2 is 1.90 bits per heavy atom. The lowest BCUT2D eigenvalue weighted by molar-refractivity contribution is -0.116. The van der Waals surface area contributed by atoms with Crippen molar-refractivity contribution in [2.24, 2.45) is 0 Å². The van der Waals surface area contributed by atoms with Crippen LogP contribution in [-0.4, -0.2) is 30.5 Å². The lowest BCUT2D eigenvalue weighted by Crippen LogP contribution is -2.23. The number of rotatable bonds is 5. The molecule has 0 aliphatic heterocycles. The minimum atomic E-state index is -0.273. The third-order valence-electron chi connectivity index (χ3n) is 4.41. The maximum Gasteiger partial charge on any atom is 0.261 e. The Balaban J connectivity index is 1.41. The minimum absolute atomic E-state index is 0.0927. The van der Waals surface area contributed by atoms with E-state index in [4.69, 9.17) is 0 Å². The fraction of sp³-hybridized carbons (Fsp3) is 0.0952. The zero-order valence-electron chi connectivity index (χ0n) is 15.6. The highest BCUT2D eigenvalue weighted by Gasteiger charge is 2.09. The van der Waals surface area contributed by atoms with Crippen LogP contribution in [0.1, 0.15) is 6.42 Å². The molecule has 4 rings (SSSR count). The van der Waals surface area contributed by atoms with E-state index in [2.05, 4.69) is 36.2 Å². The Morgan fingerprint density at radius 1 is 1.10 bits per heavy atom. The topological polar surface area (TPSA) is 110 Å². The van der Waals surface area contributed by atoms with Gasteiger partial charge in [0.1, 0.15) is 5.75 Å². The first-order valence-corrected chi connectivity index (χ1v) is 9.85. The summed E-state index contributed by atoms with van der Waals surface area (Å²) in [5, 5.41) is 12.7. The van der Waals surface area contributed by atoms with E-state index in [0.29, 0.717) is 28.0 Å². The van der Waals surface area contributed by atoms with Gasteiger partial charge in [0.05, 0.1) is 35.3 Å². The fourth-order valence-electron chi connectivity index (χ4n) is 2.92. The summed E-state index contributed by atoms with van der Waals surface area (Å²) >= 11 is 3.35. The van der Waals surface area contributed by atoms with E-state index in [-0.39, 0.29) is 30.2 Å². The maximum absolute atomic E-state index is 12.6. The Kier molecular flexibility index (Phi) is 5.53. The normalized spacial score (nSPS) is 10.8. The monoisotopic (exact) mass is 465 g/mol. The van der Waals surface area contributed by atoms with Crippen LogP contribution in [-0.2, 0) is 11.3 Å². The molecular weight excluding hydrogens is 450 g/mol. The zero-order valence-corrected chi connectivity index (χ0v) is 17.2. The molecular formula is C21H16BrN5O3. The molecule has 2 aromatic carbocycles. The number of nitrogens with one attached hydrogen (secondary N) is 1. The number of aryl methyl sites for hydroxylation is 1. The van der Waals surface area contributed by atoms with Gasteiger partial charge in [-0.15, -0.1) is 0 Å². The third-order valence-corrected chi connectivity index (χ3v) is 4.90. The highest BCUT2D eigenvalue weighted by atomic mass is 79.9. The van der Waals surface area contributed by atoms with Crippen molar-refractivity contribution in [3.8, 4) is 17.1 Å². The number of nitrogens with zero attached hydrogens (tertiary/aromatic N) is 4. The number of phenolic OH excluding ortho intramolecular Hbond substituents is 1. The van der Waals surface area contributed by atoms with Crippen LogP contribution in [0.5, 0.6) is 5.75 Å². The molecule has 9 heteroatoms. The average molecular weight is 466 g/mol. The van der Waals surface area contributed by atoms with E-state index in [1.165, 1.54) is 23.3 Å². The molecule has 0 saturated carbocycles. The number of phenols is 1. The molecule has 2 aromatic heterocycles. The molecule has 8 nitrogen and oxygen atoms in total. The lowest BCUT2D eigenvalue weighted by atomic mass is 10.2. The molecule has 0 aliphatic carbocycles. The van der Waals surface area contributed by atoms with Crippen molar-refractivity contribution in [3.63, 3.8) is 0 Å². The Hall–Kier alpha value is -3.59. The van der Waals surface area contributed by atoms with E-state index in [1.54, 1.807) is 36.4 Å². The zero-order chi connectivity index (χ0) is 21.1. The predicted octanol–water partition coefficient (Wildman–Crippen LogP) is 3.35. The van der Waals surface area contributed by atoms with Crippen LogP contribution in [0, 0.1) is 0 Å².